The van der Waals surface area contributed by atoms with Gasteiger partial charge < -0.3 is 4.74 Å². The summed E-state index contributed by atoms with van der Waals surface area (Å²) in [6.07, 6.45) is 2.06. The number of hydrogen-bond acceptors (Lipinski definition) is 7. The minimum Gasteiger partial charge on any atom is -0.495 e. The maximum absolute atomic E-state index is 14.4. The van der Waals surface area contributed by atoms with Crippen LogP contribution in [0, 0.1) is 5.82 Å². The maximum Gasteiger partial charge on any atom is 0.230 e. The number of nitrogens with zero attached hydrogens (tertiary/aromatic N) is 5. The SMILES string of the molecule is COc1ccccc1N(C(C)=O)c1nc(CSc2nnc(-c3ccccc3F)n2C2CC2)cs1. The van der Waals surface area contributed by atoms with Crippen molar-refractivity contribution < 1.29 is 13.9 Å². The van der Waals surface area contributed by atoms with Crippen LogP contribution in [0.15, 0.2) is 59.1 Å². The van der Waals surface area contributed by atoms with Crippen molar-refractivity contribution in [2.75, 3.05) is 12.0 Å². The molecule has 0 bridgehead atoms. The molecule has 0 radical (unpaired) electrons. The number of benzene rings is 2. The fraction of sp³-hybridized carbons (Fsp3) is 0.250. The van der Waals surface area contributed by atoms with Crippen LogP contribution in [-0.2, 0) is 10.5 Å². The Balaban J connectivity index is 1.38. The second-order valence-corrected chi connectivity index (χ2v) is 9.60. The number of aromatic nitrogens is 4. The van der Waals surface area contributed by atoms with Gasteiger partial charge in [-0.15, -0.1) is 21.5 Å². The van der Waals surface area contributed by atoms with Gasteiger partial charge >= 0.3 is 0 Å². The van der Waals surface area contributed by atoms with Gasteiger partial charge in [0, 0.05) is 24.1 Å². The summed E-state index contributed by atoms with van der Waals surface area (Å²) < 4.78 is 21.9. The smallest absolute Gasteiger partial charge is 0.230 e. The van der Waals surface area contributed by atoms with Gasteiger partial charge in [0.2, 0.25) is 5.91 Å². The summed E-state index contributed by atoms with van der Waals surface area (Å²) in [5.74, 6) is 1.25. The van der Waals surface area contributed by atoms with Crippen molar-refractivity contribution in [3.05, 3.63) is 65.4 Å². The van der Waals surface area contributed by atoms with Gasteiger partial charge in [-0.25, -0.2) is 9.37 Å². The lowest BCUT2D eigenvalue weighted by atomic mass is 10.2. The molecule has 0 spiro atoms. The van der Waals surface area contributed by atoms with Gasteiger partial charge in [0.15, 0.2) is 16.1 Å². The van der Waals surface area contributed by atoms with E-state index in [1.165, 1.54) is 36.1 Å². The van der Waals surface area contributed by atoms with Crippen LogP contribution in [0.4, 0.5) is 15.2 Å². The Labute approximate surface area is 204 Å². The number of para-hydroxylation sites is 2. The highest BCUT2D eigenvalue weighted by Crippen LogP contribution is 2.42. The number of ether oxygens (including phenoxy) is 1. The molecule has 2 aromatic heterocycles. The van der Waals surface area contributed by atoms with Crippen molar-refractivity contribution in [2.24, 2.45) is 0 Å². The van der Waals surface area contributed by atoms with Gasteiger partial charge in [-0.05, 0) is 37.1 Å². The van der Waals surface area contributed by atoms with Crippen LogP contribution >= 0.6 is 23.1 Å². The van der Waals surface area contributed by atoms with Crippen LogP contribution in [0.25, 0.3) is 11.4 Å². The van der Waals surface area contributed by atoms with Crippen LogP contribution in [-0.4, -0.2) is 32.8 Å². The maximum atomic E-state index is 14.4. The normalized spacial score (nSPS) is 13.1. The summed E-state index contributed by atoms with van der Waals surface area (Å²) in [7, 11) is 1.58. The highest BCUT2D eigenvalue weighted by Gasteiger charge is 2.31. The number of anilines is 2. The number of carbonyl (C=O) groups excluding carboxylic acids is 1. The van der Waals surface area contributed by atoms with E-state index in [0.29, 0.717) is 33.7 Å². The van der Waals surface area contributed by atoms with Crippen molar-refractivity contribution in [1.82, 2.24) is 19.7 Å². The van der Waals surface area contributed by atoms with Gasteiger partial charge in [-0.3, -0.25) is 14.3 Å². The minimum absolute atomic E-state index is 0.152. The van der Waals surface area contributed by atoms with E-state index >= 15 is 0 Å². The highest BCUT2D eigenvalue weighted by molar-refractivity contribution is 7.98. The standard InChI is InChI=1S/C24H22FN5O2S2/c1-15(31)29(20-9-5-6-10-21(20)32-2)23-26-16(13-33-23)14-34-24-28-27-22(30(24)17-11-12-17)18-7-3-4-8-19(18)25/h3-10,13,17H,11-12,14H2,1-2H3. The first-order chi connectivity index (χ1) is 16.6. The third-order valence-corrected chi connectivity index (χ3v) is 7.26. The molecule has 0 aliphatic heterocycles. The number of amides is 1. The third-order valence-electron chi connectivity index (χ3n) is 5.41. The van der Waals surface area contributed by atoms with Gasteiger partial charge in [-0.2, -0.15) is 0 Å². The van der Waals surface area contributed by atoms with E-state index in [-0.39, 0.29) is 17.8 Å². The first-order valence-electron chi connectivity index (χ1n) is 10.8. The molecular weight excluding hydrogens is 473 g/mol. The number of methoxy groups -OCH3 is 1. The second-order valence-electron chi connectivity index (χ2n) is 7.82. The Hall–Kier alpha value is -3.24. The van der Waals surface area contributed by atoms with Crippen LogP contribution in [0.5, 0.6) is 5.75 Å². The zero-order chi connectivity index (χ0) is 23.7. The molecule has 0 saturated heterocycles. The van der Waals surface area contributed by atoms with Crippen LogP contribution in [0.1, 0.15) is 31.5 Å². The van der Waals surface area contributed by atoms with E-state index in [9.17, 15) is 9.18 Å². The quantitative estimate of drug-likeness (QED) is 0.285. The van der Waals surface area contributed by atoms with Crippen molar-refractivity contribution in [3.63, 3.8) is 0 Å². The topological polar surface area (TPSA) is 73.1 Å². The van der Waals surface area contributed by atoms with Crippen LogP contribution in [0.2, 0.25) is 0 Å². The highest BCUT2D eigenvalue weighted by atomic mass is 32.2. The summed E-state index contributed by atoms with van der Waals surface area (Å²) in [6.45, 7) is 1.50. The molecule has 34 heavy (non-hydrogen) atoms. The molecule has 1 fully saturated rings. The predicted octanol–water partition coefficient (Wildman–Crippen LogP) is 5.86. The zero-order valence-corrected chi connectivity index (χ0v) is 20.3. The molecule has 1 saturated carbocycles. The molecule has 0 N–H and O–H groups in total. The molecule has 10 heteroatoms. The monoisotopic (exact) mass is 495 g/mol. The molecule has 4 aromatic rings. The zero-order valence-electron chi connectivity index (χ0n) is 18.6. The van der Waals surface area contributed by atoms with Gasteiger partial charge in [0.05, 0.1) is 24.1 Å². The summed E-state index contributed by atoms with van der Waals surface area (Å²) in [5, 5.41) is 11.9. The minimum atomic E-state index is -0.307. The van der Waals surface area contributed by atoms with Crippen molar-refractivity contribution >= 4 is 39.8 Å². The average Bonchev–Trinajstić information content (AvgIpc) is 3.42. The van der Waals surface area contributed by atoms with E-state index in [2.05, 4.69) is 10.2 Å². The molecule has 2 aromatic carbocycles. The lowest BCUT2D eigenvalue weighted by Gasteiger charge is -2.20. The Kier molecular flexibility index (Phi) is 6.34. The van der Waals surface area contributed by atoms with E-state index < -0.39 is 0 Å². The lowest BCUT2D eigenvalue weighted by Crippen LogP contribution is -2.23. The first kappa shape index (κ1) is 22.5. The number of carbonyl (C=O) groups is 1. The van der Waals surface area contributed by atoms with Gasteiger partial charge in [0.25, 0.3) is 0 Å². The van der Waals surface area contributed by atoms with E-state index in [4.69, 9.17) is 9.72 Å². The lowest BCUT2D eigenvalue weighted by molar-refractivity contribution is -0.115. The molecule has 0 atom stereocenters. The summed E-state index contributed by atoms with van der Waals surface area (Å²) in [5.41, 5.74) is 1.93. The summed E-state index contributed by atoms with van der Waals surface area (Å²) >= 11 is 2.90. The predicted molar refractivity (Wildman–Crippen MR) is 131 cm³/mol. The Morgan fingerprint density at radius 2 is 1.97 bits per heavy atom. The fourth-order valence-electron chi connectivity index (χ4n) is 3.69. The molecule has 7 nitrogen and oxygen atoms in total. The van der Waals surface area contributed by atoms with Crippen molar-refractivity contribution in [2.45, 2.75) is 36.7 Å². The number of thioether (sulfide) groups is 1. The first-order valence-corrected chi connectivity index (χ1v) is 12.6. The number of thiazole rings is 1. The number of rotatable bonds is 8. The molecule has 1 amide bonds. The van der Waals surface area contributed by atoms with Gasteiger partial charge in [0.1, 0.15) is 11.6 Å². The number of halogens is 1. The largest absolute Gasteiger partial charge is 0.495 e. The van der Waals surface area contributed by atoms with Crippen LogP contribution < -0.4 is 9.64 Å². The Bertz CT molecular complexity index is 1330. The molecule has 174 valence electrons. The number of hydrogen-bond donors (Lipinski definition) is 0. The van der Waals surface area contributed by atoms with Crippen molar-refractivity contribution in [3.8, 4) is 17.1 Å². The summed E-state index contributed by atoms with van der Waals surface area (Å²) in [6, 6.07) is 14.3. The van der Waals surface area contributed by atoms with Crippen molar-refractivity contribution in [1.29, 1.82) is 0 Å². The van der Waals surface area contributed by atoms with Gasteiger partial charge in [-0.1, -0.05) is 36.0 Å². The average molecular weight is 496 g/mol. The van der Waals surface area contributed by atoms with Crippen LogP contribution in [0.3, 0.4) is 0 Å². The molecule has 5 rings (SSSR count). The molecule has 0 unspecified atom stereocenters. The third kappa shape index (κ3) is 4.43. The van der Waals surface area contributed by atoms with E-state index in [1.807, 2.05) is 34.2 Å². The molecule has 2 heterocycles. The molecule has 1 aliphatic rings. The fourth-order valence-corrected chi connectivity index (χ4v) is 5.57. The molecular formula is C24H22FN5O2S2. The van der Waals surface area contributed by atoms with E-state index in [0.717, 1.165) is 23.7 Å². The Morgan fingerprint density at radius 1 is 1.21 bits per heavy atom. The summed E-state index contributed by atoms with van der Waals surface area (Å²) in [4.78, 5) is 18.7. The molecule has 1 aliphatic carbocycles. The Morgan fingerprint density at radius 3 is 2.71 bits per heavy atom. The van der Waals surface area contributed by atoms with E-state index in [1.54, 1.807) is 30.2 Å². The second kappa shape index (κ2) is 9.55.